The molecule has 1 aliphatic carbocycles. The van der Waals surface area contributed by atoms with Crippen LogP contribution >= 0.6 is 11.8 Å². The van der Waals surface area contributed by atoms with Gasteiger partial charge in [-0.05, 0) is 49.6 Å². The molecular formula is C21H20FN3O2S. The van der Waals surface area contributed by atoms with Gasteiger partial charge in [0.1, 0.15) is 11.1 Å². The van der Waals surface area contributed by atoms with Crippen LogP contribution in [-0.4, -0.2) is 33.2 Å². The fourth-order valence-corrected chi connectivity index (χ4v) is 4.32. The number of benzene rings is 2. The number of aryl methyl sites for hydroxylation is 1. The molecule has 0 aromatic heterocycles. The van der Waals surface area contributed by atoms with E-state index in [9.17, 15) is 14.0 Å². The van der Waals surface area contributed by atoms with Crippen LogP contribution < -0.4 is 5.32 Å². The summed E-state index contributed by atoms with van der Waals surface area (Å²) in [5.74, 6) is -0.978. The first-order chi connectivity index (χ1) is 13.5. The van der Waals surface area contributed by atoms with Gasteiger partial charge in [0.15, 0.2) is 5.17 Å². The third-order valence-corrected chi connectivity index (χ3v) is 5.78. The number of hydrogen-bond acceptors (Lipinski definition) is 4. The average molecular weight is 397 g/mol. The van der Waals surface area contributed by atoms with Crippen molar-refractivity contribution in [3.8, 4) is 0 Å². The van der Waals surface area contributed by atoms with Gasteiger partial charge in [0, 0.05) is 12.5 Å². The lowest BCUT2D eigenvalue weighted by atomic mass is 10.2. The average Bonchev–Trinajstić information content (AvgIpc) is 3.43. The minimum absolute atomic E-state index is 0.0199. The minimum Gasteiger partial charge on any atom is -0.324 e. The molecule has 1 saturated carbocycles. The van der Waals surface area contributed by atoms with E-state index in [-0.39, 0.29) is 30.0 Å². The molecule has 1 N–H and O–H groups in total. The standard InChI is InChI=1S/C21H20FN3O2S/c1-13-5-4-6-14(11-13)23-21-25(15-9-10-15)20(27)18(28-21)12-19(26)24-17-8-3-2-7-16(17)22/h2-8,11,15,18H,9-10,12H2,1H3,(H,24,26). The zero-order valence-corrected chi connectivity index (χ0v) is 16.2. The number of nitrogens with zero attached hydrogens (tertiary/aromatic N) is 2. The maximum atomic E-state index is 13.7. The lowest BCUT2D eigenvalue weighted by Gasteiger charge is -2.15. The first-order valence-corrected chi connectivity index (χ1v) is 10.1. The van der Waals surface area contributed by atoms with E-state index < -0.39 is 11.1 Å². The molecule has 4 rings (SSSR count). The summed E-state index contributed by atoms with van der Waals surface area (Å²) in [5.41, 5.74) is 2.00. The maximum absolute atomic E-state index is 13.7. The van der Waals surface area contributed by atoms with Crippen LogP contribution in [0.5, 0.6) is 0 Å². The molecule has 2 aromatic carbocycles. The zero-order valence-electron chi connectivity index (χ0n) is 15.4. The molecule has 1 heterocycles. The Morgan fingerprint density at radius 2 is 2.04 bits per heavy atom. The van der Waals surface area contributed by atoms with Gasteiger partial charge in [0.25, 0.3) is 0 Å². The Kier molecular flexibility index (Phi) is 5.17. The molecule has 144 valence electrons. The molecule has 0 radical (unpaired) electrons. The van der Waals surface area contributed by atoms with Crippen LogP contribution in [0, 0.1) is 12.7 Å². The van der Waals surface area contributed by atoms with Gasteiger partial charge in [0.2, 0.25) is 11.8 Å². The van der Waals surface area contributed by atoms with E-state index in [0.29, 0.717) is 5.17 Å². The Morgan fingerprint density at radius 3 is 2.75 bits per heavy atom. The van der Waals surface area contributed by atoms with Gasteiger partial charge >= 0.3 is 0 Å². The lowest BCUT2D eigenvalue weighted by molar-refractivity contribution is -0.128. The first-order valence-electron chi connectivity index (χ1n) is 9.21. The van der Waals surface area contributed by atoms with Crippen LogP contribution in [0.15, 0.2) is 53.5 Å². The van der Waals surface area contributed by atoms with Crippen LogP contribution in [0.25, 0.3) is 0 Å². The van der Waals surface area contributed by atoms with Gasteiger partial charge in [-0.25, -0.2) is 9.38 Å². The predicted molar refractivity (Wildman–Crippen MR) is 109 cm³/mol. The first kappa shape index (κ1) is 18.7. The topological polar surface area (TPSA) is 61.8 Å². The molecule has 1 aliphatic heterocycles. The Bertz CT molecular complexity index is 958. The number of para-hydroxylation sites is 1. The number of aliphatic imine (C=N–C) groups is 1. The van der Waals surface area contributed by atoms with E-state index >= 15 is 0 Å². The third kappa shape index (κ3) is 4.09. The van der Waals surface area contributed by atoms with Crippen molar-refractivity contribution < 1.29 is 14.0 Å². The molecule has 5 nitrogen and oxygen atoms in total. The van der Waals surface area contributed by atoms with Crippen molar-refractivity contribution in [2.75, 3.05) is 5.32 Å². The SMILES string of the molecule is Cc1cccc(N=C2SC(CC(=O)Nc3ccccc3F)C(=O)N2C2CC2)c1. The molecule has 7 heteroatoms. The Labute approximate surface area is 167 Å². The highest BCUT2D eigenvalue weighted by atomic mass is 32.2. The van der Waals surface area contributed by atoms with Gasteiger partial charge in [-0.1, -0.05) is 36.0 Å². The largest absolute Gasteiger partial charge is 0.324 e. The fraction of sp³-hybridized carbons (Fsp3) is 0.286. The lowest BCUT2D eigenvalue weighted by Crippen LogP contribution is -2.35. The van der Waals surface area contributed by atoms with E-state index in [2.05, 4.69) is 10.3 Å². The third-order valence-electron chi connectivity index (χ3n) is 4.62. The molecule has 28 heavy (non-hydrogen) atoms. The number of anilines is 1. The highest BCUT2D eigenvalue weighted by molar-refractivity contribution is 8.15. The van der Waals surface area contributed by atoms with Gasteiger partial charge in [-0.15, -0.1) is 0 Å². The number of thioether (sulfide) groups is 1. The smallest absolute Gasteiger partial charge is 0.242 e. The number of halogens is 1. The second-order valence-corrected chi connectivity index (χ2v) is 8.18. The minimum atomic E-state index is -0.545. The van der Waals surface area contributed by atoms with Crippen LogP contribution in [0.2, 0.25) is 0 Å². The van der Waals surface area contributed by atoms with Crippen LogP contribution in [0.3, 0.4) is 0 Å². The van der Waals surface area contributed by atoms with Crippen LogP contribution in [0.4, 0.5) is 15.8 Å². The molecule has 2 aliphatic rings. The van der Waals surface area contributed by atoms with Crippen molar-refractivity contribution in [2.24, 2.45) is 4.99 Å². The van der Waals surface area contributed by atoms with Gasteiger partial charge in [-0.3, -0.25) is 14.5 Å². The van der Waals surface area contributed by atoms with Crippen molar-refractivity contribution in [1.29, 1.82) is 0 Å². The molecule has 2 amide bonds. The predicted octanol–water partition coefficient (Wildman–Crippen LogP) is 4.26. The van der Waals surface area contributed by atoms with Crippen molar-refractivity contribution in [2.45, 2.75) is 37.5 Å². The number of carbonyl (C=O) groups excluding carboxylic acids is 2. The van der Waals surface area contributed by atoms with Crippen LogP contribution in [0.1, 0.15) is 24.8 Å². The summed E-state index contributed by atoms with van der Waals surface area (Å²) in [4.78, 5) is 31.6. The molecule has 0 bridgehead atoms. The molecule has 1 saturated heterocycles. The number of amidine groups is 1. The Morgan fingerprint density at radius 1 is 1.25 bits per heavy atom. The number of rotatable bonds is 5. The normalized spacial score (nSPS) is 20.6. The summed E-state index contributed by atoms with van der Waals surface area (Å²) in [6, 6.07) is 13.9. The molecule has 1 atom stereocenters. The monoisotopic (exact) mass is 397 g/mol. The van der Waals surface area contributed by atoms with E-state index in [1.807, 2.05) is 31.2 Å². The van der Waals surface area contributed by atoms with Gasteiger partial charge in [0.05, 0.1) is 11.4 Å². The van der Waals surface area contributed by atoms with Crippen LogP contribution in [-0.2, 0) is 9.59 Å². The van der Waals surface area contributed by atoms with Crippen molar-refractivity contribution in [3.05, 3.63) is 59.9 Å². The van der Waals surface area contributed by atoms with E-state index in [1.54, 1.807) is 17.0 Å². The van der Waals surface area contributed by atoms with Crippen molar-refractivity contribution in [1.82, 2.24) is 4.90 Å². The number of nitrogens with one attached hydrogen (secondary N) is 1. The summed E-state index contributed by atoms with van der Waals surface area (Å²) in [5, 5.41) is 2.65. The Balaban J connectivity index is 1.50. The number of amides is 2. The quantitative estimate of drug-likeness (QED) is 0.820. The number of hydrogen-bond donors (Lipinski definition) is 1. The fourth-order valence-electron chi connectivity index (χ4n) is 3.10. The molecule has 1 unspecified atom stereocenters. The zero-order chi connectivity index (χ0) is 19.7. The highest BCUT2D eigenvalue weighted by Crippen LogP contribution is 2.39. The molecular weight excluding hydrogens is 377 g/mol. The molecule has 0 spiro atoms. The van der Waals surface area contributed by atoms with Gasteiger partial charge < -0.3 is 5.32 Å². The summed E-state index contributed by atoms with van der Waals surface area (Å²) in [6.45, 7) is 1.99. The van der Waals surface area contributed by atoms with E-state index in [1.165, 1.54) is 23.9 Å². The maximum Gasteiger partial charge on any atom is 0.242 e. The van der Waals surface area contributed by atoms with E-state index in [0.717, 1.165) is 24.1 Å². The number of carbonyl (C=O) groups is 2. The second-order valence-electron chi connectivity index (χ2n) is 7.01. The summed E-state index contributed by atoms with van der Waals surface area (Å²) < 4.78 is 13.7. The molecule has 2 aromatic rings. The van der Waals surface area contributed by atoms with Crippen molar-refractivity contribution in [3.63, 3.8) is 0 Å². The van der Waals surface area contributed by atoms with Crippen molar-refractivity contribution >= 4 is 40.1 Å². The van der Waals surface area contributed by atoms with Gasteiger partial charge in [-0.2, -0.15) is 0 Å². The van der Waals surface area contributed by atoms with E-state index in [4.69, 9.17) is 0 Å². The molecule has 2 fully saturated rings. The summed E-state index contributed by atoms with van der Waals surface area (Å²) in [7, 11) is 0. The summed E-state index contributed by atoms with van der Waals surface area (Å²) >= 11 is 1.31. The summed E-state index contributed by atoms with van der Waals surface area (Å²) in [6.07, 6.45) is 1.88. The Hall–Kier alpha value is -2.67. The highest BCUT2D eigenvalue weighted by Gasteiger charge is 2.46. The second kappa shape index (κ2) is 7.75.